The van der Waals surface area contributed by atoms with E-state index in [-0.39, 0.29) is 29.1 Å². The highest BCUT2D eigenvalue weighted by atomic mass is 32.2. The van der Waals surface area contributed by atoms with Gasteiger partial charge in [-0.2, -0.15) is 17.5 Å². The predicted octanol–water partition coefficient (Wildman–Crippen LogP) is 4.69. The van der Waals surface area contributed by atoms with E-state index in [0.717, 1.165) is 37.0 Å². The average molecular weight is 554 g/mol. The first kappa shape index (κ1) is 28.2. The molecular formula is C27H34F3N3O4S. The number of alkyl halides is 3. The minimum absolute atomic E-state index is 0.0488. The number of hydrogen-bond acceptors (Lipinski definition) is 5. The Labute approximate surface area is 222 Å². The fourth-order valence-corrected chi connectivity index (χ4v) is 7.09. The monoisotopic (exact) mass is 553 g/mol. The van der Waals surface area contributed by atoms with Crippen molar-refractivity contribution >= 4 is 21.6 Å². The van der Waals surface area contributed by atoms with Gasteiger partial charge in [0.05, 0.1) is 19.2 Å². The van der Waals surface area contributed by atoms with E-state index in [2.05, 4.69) is 0 Å². The van der Waals surface area contributed by atoms with E-state index < -0.39 is 21.8 Å². The average Bonchev–Trinajstić information content (AvgIpc) is 2.91. The van der Waals surface area contributed by atoms with Gasteiger partial charge in [-0.1, -0.05) is 31.4 Å². The molecule has 1 aliphatic carbocycles. The SMILES string of the molecule is COc1ccc(C)cc1S(=O)(=O)N(CC(=O)N1CCN(c2cccc(C(F)(F)F)c2)CC1)C1CCCCC1. The summed E-state index contributed by atoms with van der Waals surface area (Å²) in [7, 11) is -2.61. The van der Waals surface area contributed by atoms with Crippen molar-refractivity contribution in [2.75, 3.05) is 44.7 Å². The molecule has 1 amide bonds. The van der Waals surface area contributed by atoms with Gasteiger partial charge < -0.3 is 14.5 Å². The number of rotatable bonds is 7. The first-order chi connectivity index (χ1) is 18.0. The quantitative estimate of drug-likeness (QED) is 0.498. The Morgan fingerprint density at radius 1 is 1.03 bits per heavy atom. The Kier molecular flexibility index (Phi) is 8.56. The van der Waals surface area contributed by atoms with Crippen LogP contribution in [0.15, 0.2) is 47.4 Å². The van der Waals surface area contributed by atoms with Gasteiger partial charge in [0.2, 0.25) is 15.9 Å². The molecule has 1 heterocycles. The van der Waals surface area contributed by atoms with Gasteiger partial charge in [-0.05, 0) is 55.7 Å². The Morgan fingerprint density at radius 2 is 1.71 bits per heavy atom. The number of methoxy groups -OCH3 is 1. The van der Waals surface area contributed by atoms with Gasteiger partial charge in [0.1, 0.15) is 10.6 Å². The summed E-state index contributed by atoms with van der Waals surface area (Å²) in [5.41, 5.74) is 0.503. The lowest BCUT2D eigenvalue weighted by molar-refractivity contribution is -0.137. The summed E-state index contributed by atoms with van der Waals surface area (Å²) in [6, 6.07) is 9.84. The summed E-state index contributed by atoms with van der Waals surface area (Å²) in [6.07, 6.45) is -0.240. The molecule has 1 saturated heterocycles. The van der Waals surface area contributed by atoms with Gasteiger partial charge in [-0.25, -0.2) is 8.42 Å². The number of carbonyl (C=O) groups excluding carboxylic acids is 1. The van der Waals surface area contributed by atoms with Crippen LogP contribution in [-0.4, -0.2) is 69.4 Å². The predicted molar refractivity (Wildman–Crippen MR) is 139 cm³/mol. The summed E-state index contributed by atoms with van der Waals surface area (Å²) in [6.45, 7) is 2.82. The molecule has 0 spiro atoms. The molecule has 0 N–H and O–H groups in total. The van der Waals surface area contributed by atoms with Crippen molar-refractivity contribution in [2.24, 2.45) is 0 Å². The summed E-state index contributed by atoms with van der Waals surface area (Å²) < 4.78 is 73.9. The zero-order valence-electron chi connectivity index (χ0n) is 21.7. The van der Waals surface area contributed by atoms with Crippen LogP contribution >= 0.6 is 0 Å². The number of amides is 1. The molecule has 11 heteroatoms. The third kappa shape index (κ3) is 6.26. The van der Waals surface area contributed by atoms with Crippen LogP contribution in [0.25, 0.3) is 0 Å². The van der Waals surface area contributed by atoms with Crippen LogP contribution in [0.4, 0.5) is 18.9 Å². The number of piperazine rings is 1. The molecule has 0 bridgehead atoms. The van der Waals surface area contributed by atoms with Gasteiger partial charge in [0, 0.05) is 37.9 Å². The normalized spacial score (nSPS) is 17.6. The fourth-order valence-electron chi connectivity index (χ4n) is 5.22. The lowest BCUT2D eigenvalue weighted by Gasteiger charge is -2.38. The minimum atomic E-state index is -4.43. The molecular weight excluding hydrogens is 519 g/mol. The van der Waals surface area contributed by atoms with Crippen molar-refractivity contribution < 1.29 is 31.1 Å². The number of anilines is 1. The van der Waals surface area contributed by atoms with Crippen LogP contribution in [0.5, 0.6) is 5.75 Å². The second-order valence-electron chi connectivity index (χ2n) is 9.91. The molecule has 208 valence electrons. The van der Waals surface area contributed by atoms with E-state index in [1.54, 1.807) is 36.1 Å². The van der Waals surface area contributed by atoms with Gasteiger partial charge in [0.25, 0.3) is 0 Å². The maximum absolute atomic E-state index is 13.9. The maximum atomic E-state index is 13.9. The van der Waals surface area contributed by atoms with E-state index in [0.29, 0.717) is 44.7 Å². The van der Waals surface area contributed by atoms with Crippen LogP contribution in [0, 0.1) is 6.92 Å². The third-order valence-corrected chi connectivity index (χ3v) is 9.27. The highest BCUT2D eigenvalue weighted by molar-refractivity contribution is 7.89. The first-order valence-corrected chi connectivity index (χ1v) is 14.3. The van der Waals surface area contributed by atoms with Crippen molar-refractivity contribution in [1.29, 1.82) is 0 Å². The molecule has 7 nitrogen and oxygen atoms in total. The number of halogens is 3. The van der Waals surface area contributed by atoms with Crippen LogP contribution in [0.3, 0.4) is 0 Å². The molecule has 2 fully saturated rings. The van der Waals surface area contributed by atoms with E-state index >= 15 is 0 Å². The number of benzene rings is 2. The van der Waals surface area contributed by atoms with Gasteiger partial charge in [-0.15, -0.1) is 0 Å². The maximum Gasteiger partial charge on any atom is 0.416 e. The largest absolute Gasteiger partial charge is 0.495 e. The highest BCUT2D eigenvalue weighted by Gasteiger charge is 2.37. The van der Waals surface area contributed by atoms with Gasteiger partial charge >= 0.3 is 6.18 Å². The van der Waals surface area contributed by atoms with Crippen LogP contribution in [0.1, 0.15) is 43.2 Å². The highest BCUT2D eigenvalue weighted by Crippen LogP contribution is 2.34. The lowest BCUT2D eigenvalue weighted by atomic mass is 9.95. The van der Waals surface area contributed by atoms with Crippen molar-refractivity contribution in [3.8, 4) is 5.75 Å². The lowest BCUT2D eigenvalue weighted by Crippen LogP contribution is -2.53. The number of ether oxygens (including phenoxy) is 1. The number of aryl methyl sites for hydroxylation is 1. The van der Waals surface area contributed by atoms with E-state index in [4.69, 9.17) is 4.74 Å². The topological polar surface area (TPSA) is 70.2 Å². The summed E-state index contributed by atoms with van der Waals surface area (Å²) in [5, 5.41) is 0. The summed E-state index contributed by atoms with van der Waals surface area (Å²) in [4.78, 5) is 16.9. The zero-order chi connectivity index (χ0) is 27.5. The standard InChI is InChI=1S/C27H34F3N3O4S/c1-20-11-12-24(37-2)25(17-20)38(35,36)33(22-8-4-3-5-9-22)19-26(34)32-15-13-31(14-16-32)23-10-6-7-21(18-23)27(28,29)30/h6-7,10-12,17-18,22H,3-5,8-9,13-16,19H2,1-2H3. The Balaban J connectivity index is 1.50. The van der Waals surface area contributed by atoms with E-state index in [1.165, 1.54) is 17.5 Å². The number of nitrogens with zero attached hydrogens (tertiary/aromatic N) is 3. The third-order valence-electron chi connectivity index (χ3n) is 7.35. The number of carbonyl (C=O) groups is 1. The Morgan fingerprint density at radius 3 is 2.34 bits per heavy atom. The number of sulfonamides is 1. The molecule has 0 atom stereocenters. The molecule has 0 unspecified atom stereocenters. The van der Waals surface area contributed by atoms with Gasteiger partial charge in [0.15, 0.2) is 0 Å². The smallest absolute Gasteiger partial charge is 0.416 e. The molecule has 0 radical (unpaired) electrons. The molecule has 0 aromatic heterocycles. The van der Waals surface area contributed by atoms with Crippen molar-refractivity contribution in [3.05, 3.63) is 53.6 Å². The fraction of sp³-hybridized carbons (Fsp3) is 0.519. The van der Waals surface area contributed by atoms with Crippen molar-refractivity contribution in [3.63, 3.8) is 0 Å². The van der Waals surface area contributed by atoms with E-state index in [1.807, 2.05) is 4.90 Å². The Hall–Kier alpha value is -2.79. The van der Waals surface area contributed by atoms with Crippen LogP contribution in [-0.2, 0) is 21.0 Å². The second kappa shape index (κ2) is 11.5. The molecule has 4 rings (SSSR count). The minimum Gasteiger partial charge on any atom is -0.495 e. The molecule has 2 aliphatic rings. The summed E-state index contributed by atoms with van der Waals surface area (Å²) >= 11 is 0. The van der Waals surface area contributed by atoms with Crippen molar-refractivity contribution in [1.82, 2.24) is 9.21 Å². The molecule has 1 saturated carbocycles. The molecule has 2 aromatic carbocycles. The van der Waals surface area contributed by atoms with Crippen LogP contribution in [0.2, 0.25) is 0 Å². The van der Waals surface area contributed by atoms with Gasteiger partial charge in [-0.3, -0.25) is 4.79 Å². The zero-order valence-corrected chi connectivity index (χ0v) is 22.5. The summed E-state index contributed by atoms with van der Waals surface area (Å²) in [5.74, 6) is -0.0759. The first-order valence-electron chi connectivity index (χ1n) is 12.9. The number of hydrogen-bond donors (Lipinski definition) is 0. The van der Waals surface area contributed by atoms with Crippen LogP contribution < -0.4 is 9.64 Å². The molecule has 1 aliphatic heterocycles. The molecule has 2 aromatic rings. The molecule has 38 heavy (non-hydrogen) atoms. The second-order valence-corrected chi connectivity index (χ2v) is 11.8. The van der Waals surface area contributed by atoms with Crippen molar-refractivity contribution in [2.45, 2.75) is 56.1 Å². The van der Waals surface area contributed by atoms with E-state index in [9.17, 15) is 26.4 Å². The Bertz CT molecular complexity index is 1240.